The molecule has 0 aliphatic heterocycles. The van der Waals surface area contributed by atoms with E-state index >= 15 is 0 Å². The molecule has 0 aromatic carbocycles. The second kappa shape index (κ2) is 7.35. The molecule has 1 amide bonds. The van der Waals surface area contributed by atoms with Gasteiger partial charge in [-0.3, -0.25) is 14.2 Å². The number of hydrogen-bond acceptors (Lipinski definition) is 6. The van der Waals surface area contributed by atoms with Gasteiger partial charge in [-0.15, -0.1) is 11.3 Å². The third kappa shape index (κ3) is 3.89. The number of nitrogens with zero attached hydrogens (tertiary/aromatic N) is 2. The predicted molar refractivity (Wildman–Crippen MR) is 97.1 cm³/mol. The number of amides is 1. The lowest BCUT2D eigenvalue weighted by molar-refractivity contribution is -0.118. The minimum absolute atomic E-state index is 0.0153. The minimum atomic E-state index is -0.482. The molecule has 2 aromatic rings. The van der Waals surface area contributed by atoms with E-state index in [-0.39, 0.29) is 30.5 Å². The Balaban J connectivity index is 2.66. The maximum absolute atomic E-state index is 13.0. The molecule has 0 atom stereocenters. The van der Waals surface area contributed by atoms with Crippen LogP contribution >= 0.6 is 11.3 Å². The zero-order valence-electron chi connectivity index (χ0n) is 15.1. The van der Waals surface area contributed by atoms with Gasteiger partial charge < -0.3 is 10.5 Å². The molecule has 0 bridgehead atoms. The standard InChI is InChI=1S/C17H23N3O4S/c1-8(2)14-19-15-12(16(22)20(14)7-6-11(18)21)10(5)13(25-15)17(23)24-9(3)4/h8-9H,6-7H2,1-5H3,(H2,18,21). The molecule has 0 aliphatic carbocycles. The van der Waals surface area contributed by atoms with Crippen LogP contribution in [0.2, 0.25) is 0 Å². The maximum Gasteiger partial charge on any atom is 0.348 e. The molecular formula is C17H23N3O4S. The molecule has 25 heavy (non-hydrogen) atoms. The Morgan fingerprint density at radius 1 is 1.28 bits per heavy atom. The summed E-state index contributed by atoms with van der Waals surface area (Å²) in [5.74, 6) is -0.378. The third-order valence-electron chi connectivity index (χ3n) is 3.71. The highest BCUT2D eigenvalue weighted by molar-refractivity contribution is 7.20. The highest BCUT2D eigenvalue weighted by atomic mass is 32.1. The molecule has 0 radical (unpaired) electrons. The van der Waals surface area contributed by atoms with Crippen molar-refractivity contribution in [1.82, 2.24) is 9.55 Å². The van der Waals surface area contributed by atoms with Crippen LogP contribution in [0.25, 0.3) is 10.2 Å². The molecule has 0 saturated carbocycles. The number of esters is 1. The molecule has 0 unspecified atom stereocenters. The average molecular weight is 365 g/mol. The Morgan fingerprint density at radius 2 is 1.92 bits per heavy atom. The van der Waals surface area contributed by atoms with Crippen LogP contribution in [0.15, 0.2) is 4.79 Å². The minimum Gasteiger partial charge on any atom is -0.459 e. The van der Waals surface area contributed by atoms with E-state index in [0.717, 1.165) is 11.3 Å². The van der Waals surface area contributed by atoms with Crippen molar-refractivity contribution < 1.29 is 14.3 Å². The van der Waals surface area contributed by atoms with Gasteiger partial charge in [0, 0.05) is 18.9 Å². The number of carbonyl (C=O) groups is 2. The van der Waals surface area contributed by atoms with Gasteiger partial charge in [-0.25, -0.2) is 9.78 Å². The Kier molecular flexibility index (Phi) is 5.62. The van der Waals surface area contributed by atoms with Crippen LogP contribution < -0.4 is 11.3 Å². The number of fused-ring (bicyclic) bond motifs is 1. The molecule has 0 spiro atoms. The first kappa shape index (κ1) is 19.1. The zero-order valence-corrected chi connectivity index (χ0v) is 15.9. The molecule has 2 aromatic heterocycles. The number of aromatic nitrogens is 2. The number of hydrogen-bond donors (Lipinski definition) is 1. The van der Waals surface area contributed by atoms with E-state index in [2.05, 4.69) is 4.98 Å². The fourth-order valence-corrected chi connectivity index (χ4v) is 3.63. The summed E-state index contributed by atoms with van der Waals surface area (Å²) >= 11 is 1.16. The summed E-state index contributed by atoms with van der Waals surface area (Å²) in [5.41, 5.74) is 5.52. The summed E-state index contributed by atoms with van der Waals surface area (Å²) in [4.78, 5) is 41.8. The van der Waals surface area contributed by atoms with Gasteiger partial charge in [0.05, 0.1) is 11.5 Å². The fraction of sp³-hybridized carbons (Fsp3) is 0.529. The summed E-state index contributed by atoms with van der Waals surface area (Å²) in [6.07, 6.45) is -0.193. The van der Waals surface area contributed by atoms with E-state index in [4.69, 9.17) is 10.5 Å². The Morgan fingerprint density at radius 3 is 2.44 bits per heavy atom. The van der Waals surface area contributed by atoms with Crippen molar-refractivity contribution in [3.8, 4) is 0 Å². The number of ether oxygens (including phenoxy) is 1. The van der Waals surface area contributed by atoms with Crippen LogP contribution in [-0.2, 0) is 16.1 Å². The second-order valence-electron chi connectivity index (χ2n) is 6.49. The van der Waals surface area contributed by atoms with Gasteiger partial charge in [-0.1, -0.05) is 13.8 Å². The lowest BCUT2D eigenvalue weighted by atomic mass is 10.1. The van der Waals surface area contributed by atoms with Crippen LogP contribution in [0.1, 0.15) is 61.1 Å². The molecule has 0 saturated heterocycles. The van der Waals surface area contributed by atoms with Crippen LogP contribution in [0.4, 0.5) is 0 Å². The first-order valence-corrected chi connectivity index (χ1v) is 8.98. The van der Waals surface area contributed by atoms with E-state index < -0.39 is 11.9 Å². The molecule has 0 fully saturated rings. The highest BCUT2D eigenvalue weighted by Gasteiger charge is 2.23. The number of carbonyl (C=O) groups excluding carboxylic acids is 2. The molecule has 2 rings (SSSR count). The lowest BCUT2D eigenvalue weighted by Gasteiger charge is -2.14. The Hall–Kier alpha value is -2.22. The van der Waals surface area contributed by atoms with Crippen LogP contribution in [-0.4, -0.2) is 27.5 Å². The van der Waals surface area contributed by atoms with E-state index in [1.165, 1.54) is 4.57 Å². The van der Waals surface area contributed by atoms with Gasteiger partial charge in [-0.05, 0) is 26.3 Å². The molecule has 7 nitrogen and oxygen atoms in total. The number of thiophene rings is 1. The van der Waals surface area contributed by atoms with Crippen molar-refractivity contribution in [2.45, 2.75) is 59.6 Å². The van der Waals surface area contributed by atoms with Crippen molar-refractivity contribution in [3.63, 3.8) is 0 Å². The van der Waals surface area contributed by atoms with E-state index in [0.29, 0.717) is 26.5 Å². The Bertz CT molecular complexity index is 880. The topological polar surface area (TPSA) is 104 Å². The molecule has 0 aliphatic rings. The Labute approximate surface area is 149 Å². The SMILES string of the molecule is Cc1c(C(=O)OC(C)C)sc2nc(C(C)C)n(CCC(N)=O)c(=O)c12. The fourth-order valence-electron chi connectivity index (χ4n) is 2.57. The molecular weight excluding hydrogens is 342 g/mol. The van der Waals surface area contributed by atoms with Crippen LogP contribution in [0.5, 0.6) is 0 Å². The quantitative estimate of drug-likeness (QED) is 0.791. The summed E-state index contributed by atoms with van der Waals surface area (Å²) in [6, 6.07) is 0. The summed E-state index contributed by atoms with van der Waals surface area (Å²) in [5, 5.41) is 0.398. The number of nitrogens with two attached hydrogens (primary N) is 1. The van der Waals surface area contributed by atoms with Crippen molar-refractivity contribution in [2.24, 2.45) is 5.73 Å². The largest absolute Gasteiger partial charge is 0.459 e. The lowest BCUT2D eigenvalue weighted by Crippen LogP contribution is -2.28. The van der Waals surface area contributed by atoms with Gasteiger partial charge >= 0.3 is 5.97 Å². The zero-order chi connectivity index (χ0) is 18.9. The van der Waals surface area contributed by atoms with E-state index in [1.807, 2.05) is 13.8 Å². The highest BCUT2D eigenvalue weighted by Crippen LogP contribution is 2.29. The van der Waals surface area contributed by atoms with Gasteiger partial charge in [0.15, 0.2) is 0 Å². The molecule has 2 heterocycles. The average Bonchev–Trinajstić information content (AvgIpc) is 2.82. The van der Waals surface area contributed by atoms with Crippen LogP contribution in [0.3, 0.4) is 0 Å². The van der Waals surface area contributed by atoms with E-state index in [9.17, 15) is 14.4 Å². The summed E-state index contributed by atoms with van der Waals surface area (Å²) in [7, 11) is 0. The van der Waals surface area contributed by atoms with E-state index in [1.54, 1.807) is 20.8 Å². The van der Waals surface area contributed by atoms with Crippen molar-refractivity contribution >= 4 is 33.4 Å². The predicted octanol–water partition coefficient (Wildman–Crippen LogP) is 2.33. The molecule has 2 N–H and O–H groups in total. The van der Waals surface area contributed by atoms with Crippen molar-refractivity contribution in [2.75, 3.05) is 0 Å². The normalized spacial score (nSPS) is 11.5. The van der Waals surface area contributed by atoms with Gasteiger partial charge in [0.2, 0.25) is 5.91 Å². The van der Waals surface area contributed by atoms with Crippen LogP contribution in [0, 0.1) is 6.92 Å². The first-order chi connectivity index (χ1) is 11.6. The maximum atomic E-state index is 13.0. The number of rotatable bonds is 6. The third-order valence-corrected chi connectivity index (χ3v) is 4.87. The summed E-state index contributed by atoms with van der Waals surface area (Å²) < 4.78 is 6.73. The van der Waals surface area contributed by atoms with Crippen molar-refractivity contribution in [3.05, 3.63) is 26.6 Å². The second-order valence-corrected chi connectivity index (χ2v) is 7.49. The van der Waals surface area contributed by atoms with Gasteiger partial charge in [-0.2, -0.15) is 0 Å². The monoisotopic (exact) mass is 365 g/mol. The van der Waals surface area contributed by atoms with Gasteiger partial charge in [0.1, 0.15) is 15.5 Å². The number of primary amides is 1. The van der Waals surface area contributed by atoms with Gasteiger partial charge in [0.25, 0.3) is 5.56 Å². The summed E-state index contributed by atoms with van der Waals surface area (Å²) in [6.45, 7) is 9.27. The molecule has 8 heteroatoms. The smallest absolute Gasteiger partial charge is 0.348 e. The molecule has 136 valence electrons. The number of aryl methyl sites for hydroxylation is 1. The first-order valence-electron chi connectivity index (χ1n) is 8.16. The van der Waals surface area contributed by atoms with Crippen molar-refractivity contribution in [1.29, 1.82) is 0 Å².